The third-order valence-corrected chi connectivity index (χ3v) is 4.70. The molecule has 5 heteroatoms. The molecule has 1 unspecified atom stereocenters. The Bertz CT molecular complexity index is 487. The molecule has 1 aliphatic heterocycles. The Labute approximate surface area is 138 Å². The Morgan fingerprint density at radius 2 is 1.95 bits per heavy atom. The molecular formula is C17H26ClN3O. The first-order chi connectivity index (χ1) is 10.6. The first-order valence-corrected chi connectivity index (χ1v) is 8.37. The summed E-state index contributed by atoms with van der Waals surface area (Å²) in [5.74, 6) is 0.0981. The lowest BCUT2D eigenvalue weighted by molar-refractivity contribution is -0.121. The summed E-state index contributed by atoms with van der Waals surface area (Å²) in [4.78, 5) is 16.8. The second-order valence-corrected chi connectivity index (χ2v) is 6.49. The van der Waals surface area contributed by atoms with Crippen LogP contribution in [0.15, 0.2) is 24.3 Å². The highest BCUT2D eigenvalue weighted by molar-refractivity contribution is 6.31. The molecule has 1 aliphatic rings. The van der Waals surface area contributed by atoms with Crippen molar-refractivity contribution in [3.05, 3.63) is 34.9 Å². The van der Waals surface area contributed by atoms with E-state index < -0.39 is 0 Å². The fraction of sp³-hybridized carbons (Fsp3) is 0.588. The van der Waals surface area contributed by atoms with Crippen LogP contribution in [0, 0.1) is 0 Å². The molecule has 2 rings (SSSR count). The van der Waals surface area contributed by atoms with Crippen molar-refractivity contribution in [1.82, 2.24) is 15.1 Å². The quantitative estimate of drug-likeness (QED) is 0.870. The summed E-state index contributed by atoms with van der Waals surface area (Å²) in [6, 6.07) is 8.09. The number of rotatable bonds is 6. The minimum absolute atomic E-state index is 0.0981. The van der Waals surface area contributed by atoms with Gasteiger partial charge in [-0.05, 0) is 32.0 Å². The lowest BCUT2D eigenvalue weighted by Gasteiger charge is -2.36. The summed E-state index contributed by atoms with van der Waals surface area (Å²) >= 11 is 6.11. The maximum Gasteiger partial charge on any atom is 0.220 e. The molecule has 1 aromatic rings. The van der Waals surface area contributed by atoms with E-state index in [-0.39, 0.29) is 5.91 Å². The third-order valence-electron chi connectivity index (χ3n) is 4.34. The Morgan fingerprint density at radius 3 is 2.64 bits per heavy atom. The number of piperazine rings is 1. The van der Waals surface area contributed by atoms with Gasteiger partial charge in [-0.3, -0.25) is 9.69 Å². The standard InChI is InChI=1S/C17H26ClN3O/c1-14(21-11-9-20(2)10-12-21)13-19-17(22)8-7-15-5-3-4-6-16(15)18/h3-6,14H,7-13H2,1-2H3,(H,19,22). The van der Waals surface area contributed by atoms with Crippen LogP contribution < -0.4 is 5.32 Å². The van der Waals surface area contributed by atoms with Gasteiger partial charge in [0.15, 0.2) is 0 Å². The largest absolute Gasteiger partial charge is 0.355 e. The van der Waals surface area contributed by atoms with E-state index >= 15 is 0 Å². The lowest BCUT2D eigenvalue weighted by Crippen LogP contribution is -2.51. The predicted molar refractivity (Wildman–Crippen MR) is 91.3 cm³/mol. The Kier molecular flexibility index (Phi) is 6.68. The number of hydrogen-bond donors (Lipinski definition) is 1. The van der Waals surface area contributed by atoms with E-state index in [0.29, 0.717) is 25.4 Å². The van der Waals surface area contributed by atoms with Crippen molar-refractivity contribution in [2.75, 3.05) is 39.8 Å². The Morgan fingerprint density at radius 1 is 1.27 bits per heavy atom. The summed E-state index contributed by atoms with van der Waals surface area (Å²) < 4.78 is 0. The summed E-state index contributed by atoms with van der Waals surface area (Å²) in [6.07, 6.45) is 1.17. The molecule has 1 saturated heterocycles. The fourth-order valence-electron chi connectivity index (χ4n) is 2.69. The average molecular weight is 324 g/mol. The van der Waals surface area contributed by atoms with Gasteiger partial charge in [0, 0.05) is 50.2 Å². The van der Waals surface area contributed by atoms with Crippen LogP contribution in [0.25, 0.3) is 0 Å². The van der Waals surface area contributed by atoms with Gasteiger partial charge < -0.3 is 10.2 Å². The van der Waals surface area contributed by atoms with Gasteiger partial charge in [-0.15, -0.1) is 0 Å². The number of carbonyl (C=O) groups is 1. The van der Waals surface area contributed by atoms with Gasteiger partial charge in [-0.1, -0.05) is 29.8 Å². The molecular weight excluding hydrogens is 298 g/mol. The molecule has 1 N–H and O–H groups in total. The molecule has 1 amide bonds. The van der Waals surface area contributed by atoms with E-state index in [2.05, 4.69) is 29.1 Å². The number of carbonyl (C=O) groups excluding carboxylic acids is 1. The van der Waals surface area contributed by atoms with Crippen molar-refractivity contribution >= 4 is 17.5 Å². The molecule has 0 bridgehead atoms. The predicted octanol–water partition coefficient (Wildman–Crippen LogP) is 2.02. The maximum absolute atomic E-state index is 12.0. The molecule has 0 aromatic heterocycles. The van der Waals surface area contributed by atoms with Crippen molar-refractivity contribution in [1.29, 1.82) is 0 Å². The number of likely N-dealkylation sites (N-methyl/N-ethyl adjacent to an activating group) is 1. The molecule has 0 aliphatic carbocycles. The lowest BCUT2D eigenvalue weighted by atomic mass is 10.1. The zero-order valence-electron chi connectivity index (χ0n) is 13.5. The minimum atomic E-state index is 0.0981. The molecule has 1 heterocycles. The highest BCUT2D eigenvalue weighted by Gasteiger charge is 2.19. The average Bonchev–Trinajstić information content (AvgIpc) is 2.52. The summed E-state index contributed by atoms with van der Waals surface area (Å²) in [7, 11) is 2.15. The summed E-state index contributed by atoms with van der Waals surface area (Å²) in [5, 5.41) is 3.78. The highest BCUT2D eigenvalue weighted by atomic mass is 35.5. The van der Waals surface area contributed by atoms with Crippen LogP contribution in [0.3, 0.4) is 0 Å². The Balaban J connectivity index is 1.68. The first-order valence-electron chi connectivity index (χ1n) is 7.99. The van der Waals surface area contributed by atoms with Crippen LogP contribution in [0.5, 0.6) is 0 Å². The van der Waals surface area contributed by atoms with Gasteiger partial charge >= 0.3 is 0 Å². The summed E-state index contributed by atoms with van der Waals surface area (Å²) in [6.45, 7) is 7.25. The molecule has 1 aromatic carbocycles. The van der Waals surface area contributed by atoms with Gasteiger partial charge in [0.2, 0.25) is 5.91 Å². The van der Waals surface area contributed by atoms with Crippen LogP contribution in [0.1, 0.15) is 18.9 Å². The minimum Gasteiger partial charge on any atom is -0.355 e. The van der Waals surface area contributed by atoms with Crippen LogP contribution in [0.2, 0.25) is 5.02 Å². The number of nitrogens with zero attached hydrogens (tertiary/aromatic N) is 2. The Hall–Kier alpha value is -1.10. The monoisotopic (exact) mass is 323 g/mol. The number of hydrogen-bond acceptors (Lipinski definition) is 3. The molecule has 0 spiro atoms. The third kappa shape index (κ3) is 5.27. The van der Waals surface area contributed by atoms with Crippen molar-refractivity contribution in [3.8, 4) is 0 Å². The van der Waals surface area contributed by atoms with Gasteiger partial charge in [0.1, 0.15) is 0 Å². The van der Waals surface area contributed by atoms with Crippen molar-refractivity contribution in [3.63, 3.8) is 0 Å². The van der Waals surface area contributed by atoms with E-state index in [4.69, 9.17) is 11.6 Å². The van der Waals surface area contributed by atoms with Crippen LogP contribution in [-0.2, 0) is 11.2 Å². The normalized spacial score (nSPS) is 18.1. The molecule has 22 heavy (non-hydrogen) atoms. The first kappa shape index (κ1) is 17.3. The second-order valence-electron chi connectivity index (χ2n) is 6.08. The molecule has 122 valence electrons. The van der Waals surface area contributed by atoms with E-state index in [1.807, 2.05) is 24.3 Å². The van der Waals surface area contributed by atoms with Gasteiger partial charge in [0.05, 0.1) is 0 Å². The van der Waals surface area contributed by atoms with Crippen LogP contribution in [-0.4, -0.2) is 61.5 Å². The van der Waals surface area contributed by atoms with Crippen molar-refractivity contribution in [2.45, 2.75) is 25.8 Å². The number of nitrogens with one attached hydrogen (secondary N) is 1. The SMILES string of the molecule is CC(CNC(=O)CCc1ccccc1Cl)N1CCN(C)CC1. The van der Waals surface area contributed by atoms with E-state index in [0.717, 1.165) is 36.8 Å². The molecule has 1 atom stereocenters. The van der Waals surface area contributed by atoms with Gasteiger partial charge in [0.25, 0.3) is 0 Å². The zero-order valence-corrected chi connectivity index (χ0v) is 14.3. The van der Waals surface area contributed by atoms with Crippen molar-refractivity contribution in [2.24, 2.45) is 0 Å². The fourth-order valence-corrected chi connectivity index (χ4v) is 2.92. The topological polar surface area (TPSA) is 35.6 Å². The number of benzene rings is 1. The van der Waals surface area contributed by atoms with E-state index in [1.54, 1.807) is 0 Å². The van der Waals surface area contributed by atoms with Gasteiger partial charge in [-0.2, -0.15) is 0 Å². The maximum atomic E-state index is 12.0. The number of amides is 1. The molecule has 1 fully saturated rings. The van der Waals surface area contributed by atoms with Crippen LogP contribution in [0.4, 0.5) is 0 Å². The zero-order chi connectivity index (χ0) is 15.9. The molecule has 0 saturated carbocycles. The molecule has 4 nitrogen and oxygen atoms in total. The van der Waals surface area contributed by atoms with Crippen LogP contribution >= 0.6 is 11.6 Å². The number of aryl methyl sites for hydroxylation is 1. The van der Waals surface area contributed by atoms with E-state index in [1.165, 1.54) is 0 Å². The van der Waals surface area contributed by atoms with E-state index in [9.17, 15) is 4.79 Å². The van der Waals surface area contributed by atoms with Crippen molar-refractivity contribution < 1.29 is 4.79 Å². The van der Waals surface area contributed by atoms with Gasteiger partial charge in [-0.25, -0.2) is 0 Å². The molecule has 0 radical (unpaired) electrons. The second kappa shape index (κ2) is 8.51. The smallest absolute Gasteiger partial charge is 0.220 e. The highest BCUT2D eigenvalue weighted by Crippen LogP contribution is 2.16. The number of halogens is 1. The summed E-state index contributed by atoms with van der Waals surface area (Å²) in [5.41, 5.74) is 1.03.